The van der Waals surface area contributed by atoms with Crippen LogP contribution in [0.2, 0.25) is 0 Å². The Labute approximate surface area is 159 Å². The van der Waals surface area contributed by atoms with Crippen LogP contribution in [0.1, 0.15) is 42.5 Å². The van der Waals surface area contributed by atoms with Crippen LogP contribution in [0.4, 0.5) is 5.82 Å². The van der Waals surface area contributed by atoms with Crippen molar-refractivity contribution in [1.82, 2.24) is 20.0 Å². The number of hydrogen-bond donors (Lipinski definition) is 0. The number of ether oxygens (including phenoxy) is 1. The first kappa shape index (κ1) is 17.1. The molecule has 2 aromatic heterocycles. The van der Waals surface area contributed by atoms with Crippen molar-refractivity contribution in [3.05, 3.63) is 35.1 Å². The summed E-state index contributed by atoms with van der Waals surface area (Å²) in [4.78, 5) is 13.9. The Morgan fingerprint density at radius 1 is 1.15 bits per heavy atom. The monoisotopic (exact) mass is 369 g/mol. The molecule has 0 radical (unpaired) electrons. The summed E-state index contributed by atoms with van der Waals surface area (Å²) >= 11 is 0. The molecule has 3 aliphatic heterocycles. The van der Waals surface area contributed by atoms with E-state index in [0.717, 1.165) is 68.7 Å². The fourth-order valence-corrected chi connectivity index (χ4v) is 4.67. The normalized spacial score (nSPS) is 25.2. The lowest BCUT2D eigenvalue weighted by atomic mass is 10.0. The number of fused-ring (bicyclic) bond motifs is 2. The van der Waals surface area contributed by atoms with E-state index in [1.165, 1.54) is 5.56 Å². The van der Waals surface area contributed by atoms with Crippen molar-refractivity contribution in [1.29, 1.82) is 0 Å². The van der Waals surface area contributed by atoms with E-state index in [-0.39, 0.29) is 0 Å². The van der Waals surface area contributed by atoms with Crippen LogP contribution in [-0.2, 0) is 24.3 Å². The van der Waals surface area contributed by atoms with Crippen LogP contribution in [0.3, 0.4) is 0 Å². The molecular weight excluding hydrogens is 342 g/mol. The second-order valence-electron chi connectivity index (χ2n) is 8.41. The fraction of sp³-hybridized carbons (Fsp3) is 0.650. The van der Waals surface area contributed by atoms with Gasteiger partial charge in [0.1, 0.15) is 23.6 Å². The standard InChI is InChI=1S/C20H27N5O2/c1-13(2)17-5-20(22-12-21-17)25-8-14-6-24(7-15(14)9-25)10-18-16-11-26-4-3-19(16)27-23-18/h5,12-15H,3-4,6-11H2,1-2H3. The lowest BCUT2D eigenvalue weighted by Crippen LogP contribution is -2.29. The Hall–Kier alpha value is -1.99. The molecule has 7 nitrogen and oxygen atoms in total. The number of hydrogen-bond acceptors (Lipinski definition) is 7. The van der Waals surface area contributed by atoms with E-state index in [1.54, 1.807) is 6.33 Å². The van der Waals surface area contributed by atoms with Crippen molar-refractivity contribution >= 4 is 5.82 Å². The zero-order valence-corrected chi connectivity index (χ0v) is 16.1. The maximum absolute atomic E-state index is 5.59. The molecule has 0 aromatic carbocycles. The number of rotatable bonds is 4. The topological polar surface area (TPSA) is 67.5 Å². The summed E-state index contributed by atoms with van der Waals surface area (Å²) < 4.78 is 11.1. The van der Waals surface area contributed by atoms with E-state index >= 15 is 0 Å². The van der Waals surface area contributed by atoms with Gasteiger partial charge in [0.2, 0.25) is 0 Å². The van der Waals surface area contributed by atoms with Crippen LogP contribution < -0.4 is 4.90 Å². The van der Waals surface area contributed by atoms with Gasteiger partial charge in [-0.3, -0.25) is 4.90 Å². The van der Waals surface area contributed by atoms with E-state index in [0.29, 0.717) is 24.4 Å². The molecule has 2 unspecified atom stereocenters. The van der Waals surface area contributed by atoms with Crippen LogP contribution in [0.5, 0.6) is 0 Å². The van der Waals surface area contributed by atoms with Gasteiger partial charge in [-0.2, -0.15) is 0 Å². The van der Waals surface area contributed by atoms with Gasteiger partial charge < -0.3 is 14.2 Å². The summed E-state index contributed by atoms with van der Waals surface area (Å²) in [5.41, 5.74) is 3.37. The average Bonchev–Trinajstić information content (AvgIpc) is 3.36. The van der Waals surface area contributed by atoms with E-state index in [9.17, 15) is 0 Å². The summed E-state index contributed by atoms with van der Waals surface area (Å²) in [7, 11) is 0. The molecular formula is C20H27N5O2. The molecule has 0 spiro atoms. The maximum atomic E-state index is 5.59. The van der Waals surface area contributed by atoms with E-state index in [1.807, 2.05) is 0 Å². The van der Waals surface area contributed by atoms with E-state index in [2.05, 4.69) is 44.8 Å². The highest BCUT2D eigenvalue weighted by Crippen LogP contribution is 2.35. The van der Waals surface area contributed by atoms with Crippen molar-refractivity contribution in [3.63, 3.8) is 0 Å². The molecule has 0 N–H and O–H groups in total. The summed E-state index contributed by atoms with van der Waals surface area (Å²) in [5, 5.41) is 4.32. The minimum Gasteiger partial charge on any atom is -0.376 e. The van der Waals surface area contributed by atoms with Crippen LogP contribution in [0.25, 0.3) is 0 Å². The predicted octanol–water partition coefficient (Wildman–Crippen LogP) is 2.23. The van der Waals surface area contributed by atoms with Gasteiger partial charge in [0.25, 0.3) is 0 Å². The third-order valence-electron chi connectivity index (χ3n) is 6.20. The Kier molecular flexibility index (Phi) is 4.36. The molecule has 3 aliphatic rings. The van der Waals surface area contributed by atoms with Gasteiger partial charge in [-0.15, -0.1) is 0 Å². The number of likely N-dealkylation sites (tertiary alicyclic amines) is 1. The molecule has 2 fully saturated rings. The Morgan fingerprint density at radius 2 is 1.96 bits per heavy atom. The summed E-state index contributed by atoms with van der Waals surface area (Å²) in [6.45, 7) is 11.0. The molecule has 7 heteroatoms. The zero-order valence-electron chi connectivity index (χ0n) is 16.1. The van der Waals surface area contributed by atoms with Gasteiger partial charge in [-0.1, -0.05) is 19.0 Å². The Bertz CT molecular complexity index is 806. The smallest absolute Gasteiger partial charge is 0.144 e. The average molecular weight is 369 g/mol. The fourth-order valence-electron chi connectivity index (χ4n) is 4.67. The molecule has 0 amide bonds. The van der Waals surface area contributed by atoms with E-state index < -0.39 is 0 Å². The van der Waals surface area contributed by atoms with Gasteiger partial charge in [0.05, 0.1) is 13.2 Å². The second-order valence-corrected chi connectivity index (χ2v) is 8.41. The highest BCUT2D eigenvalue weighted by molar-refractivity contribution is 5.41. The van der Waals surface area contributed by atoms with Crippen LogP contribution >= 0.6 is 0 Å². The molecule has 0 aliphatic carbocycles. The molecule has 2 aromatic rings. The quantitative estimate of drug-likeness (QED) is 0.819. The van der Waals surface area contributed by atoms with Gasteiger partial charge in [-0.05, 0) is 17.8 Å². The van der Waals surface area contributed by atoms with E-state index in [4.69, 9.17) is 9.26 Å². The van der Waals surface area contributed by atoms with Gasteiger partial charge >= 0.3 is 0 Å². The molecule has 0 saturated carbocycles. The maximum Gasteiger partial charge on any atom is 0.144 e. The lowest BCUT2D eigenvalue weighted by Gasteiger charge is -2.22. The predicted molar refractivity (Wildman–Crippen MR) is 100 cm³/mol. The first-order valence-corrected chi connectivity index (χ1v) is 10.0. The van der Waals surface area contributed by atoms with Crippen LogP contribution in [-0.4, -0.2) is 52.8 Å². The SMILES string of the molecule is CC(C)c1cc(N2CC3CN(Cc4noc5c4COCC5)CC3C2)ncn1. The van der Waals surface area contributed by atoms with Crippen LogP contribution in [0, 0.1) is 11.8 Å². The number of aromatic nitrogens is 3. The second kappa shape index (κ2) is 6.87. The Balaban J connectivity index is 1.22. The van der Waals surface area contributed by atoms with Crippen molar-refractivity contribution in [2.75, 3.05) is 37.7 Å². The molecule has 27 heavy (non-hydrogen) atoms. The number of anilines is 1. The van der Waals surface area contributed by atoms with Crippen molar-refractivity contribution in [3.8, 4) is 0 Å². The zero-order chi connectivity index (χ0) is 18.4. The van der Waals surface area contributed by atoms with Crippen molar-refractivity contribution < 1.29 is 9.26 Å². The van der Waals surface area contributed by atoms with Crippen LogP contribution in [0.15, 0.2) is 16.9 Å². The minimum absolute atomic E-state index is 0.432. The Morgan fingerprint density at radius 3 is 2.74 bits per heavy atom. The van der Waals surface area contributed by atoms with Crippen molar-refractivity contribution in [2.45, 2.75) is 39.3 Å². The molecule has 2 saturated heterocycles. The molecule has 5 heterocycles. The molecule has 144 valence electrons. The molecule has 0 bridgehead atoms. The van der Waals surface area contributed by atoms with Gasteiger partial charge in [0.15, 0.2) is 0 Å². The van der Waals surface area contributed by atoms with Crippen molar-refractivity contribution in [2.24, 2.45) is 11.8 Å². The highest BCUT2D eigenvalue weighted by Gasteiger charge is 2.41. The third kappa shape index (κ3) is 3.23. The summed E-state index contributed by atoms with van der Waals surface area (Å²) in [5.74, 6) is 3.92. The first-order chi connectivity index (χ1) is 13.2. The number of nitrogens with zero attached hydrogens (tertiary/aromatic N) is 5. The first-order valence-electron chi connectivity index (χ1n) is 10.0. The van der Waals surface area contributed by atoms with Gasteiger partial charge in [-0.25, -0.2) is 9.97 Å². The third-order valence-corrected chi connectivity index (χ3v) is 6.20. The largest absolute Gasteiger partial charge is 0.376 e. The molecule has 5 rings (SSSR count). The molecule has 2 atom stereocenters. The summed E-state index contributed by atoms with van der Waals surface area (Å²) in [6, 6.07) is 2.16. The lowest BCUT2D eigenvalue weighted by molar-refractivity contribution is 0.102. The van der Waals surface area contributed by atoms with Gasteiger partial charge in [0, 0.05) is 56.5 Å². The minimum atomic E-state index is 0.432. The highest BCUT2D eigenvalue weighted by atomic mass is 16.5. The summed E-state index contributed by atoms with van der Waals surface area (Å²) in [6.07, 6.45) is 2.56.